The second-order valence-electron chi connectivity index (χ2n) is 4.39. The van der Waals surface area contributed by atoms with E-state index in [0.29, 0.717) is 5.92 Å². The van der Waals surface area contributed by atoms with E-state index in [1.807, 2.05) is 19.9 Å². The first-order valence-corrected chi connectivity index (χ1v) is 6.32. The van der Waals surface area contributed by atoms with E-state index < -0.39 is 6.61 Å². The highest BCUT2D eigenvalue weighted by Crippen LogP contribution is 2.01. The Kier molecular flexibility index (Phi) is 10.3. The Morgan fingerprint density at radius 2 is 1.83 bits per heavy atom. The van der Waals surface area contributed by atoms with Gasteiger partial charge in [-0.2, -0.15) is 8.78 Å². The van der Waals surface area contributed by atoms with Crippen LogP contribution in [0, 0.1) is 5.92 Å². The van der Waals surface area contributed by atoms with Crippen LogP contribution in [-0.4, -0.2) is 19.7 Å². The van der Waals surface area contributed by atoms with Crippen LogP contribution in [0.4, 0.5) is 8.78 Å². The average Bonchev–Trinajstić information content (AvgIpc) is 2.30. The molecule has 3 nitrogen and oxygen atoms in total. The number of ether oxygens (including phenoxy) is 1. The van der Waals surface area contributed by atoms with Crippen LogP contribution in [0.1, 0.15) is 33.1 Å². The molecule has 0 atom stereocenters. The van der Waals surface area contributed by atoms with Crippen molar-refractivity contribution < 1.29 is 13.5 Å². The fraction of sp³-hybridized carbons (Fsp3) is 0.692. The Balaban J connectivity index is 0.000000397. The molecule has 0 aromatic carbocycles. The minimum absolute atomic E-state index is 0.276. The van der Waals surface area contributed by atoms with Crippen molar-refractivity contribution >= 4 is 0 Å². The van der Waals surface area contributed by atoms with Gasteiger partial charge in [-0.1, -0.05) is 32.4 Å². The monoisotopic (exact) mass is 262 g/mol. The van der Waals surface area contributed by atoms with E-state index >= 15 is 0 Å². The fourth-order valence-corrected chi connectivity index (χ4v) is 1.32. The molecule has 0 amide bonds. The van der Waals surface area contributed by atoms with E-state index in [0.717, 1.165) is 0 Å². The molecule has 0 unspecified atom stereocenters. The van der Waals surface area contributed by atoms with Crippen LogP contribution in [0.3, 0.4) is 0 Å². The second-order valence-corrected chi connectivity index (χ2v) is 4.39. The molecule has 106 valence electrons. The minimum atomic E-state index is -2.85. The summed E-state index contributed by atoms with van der Waals surface area (Å²) >= 11 is 0. The summed E-state index contributed by atoms with van der Waals surface area (Å²) in [5.74, 6) is 0.0856. The van der Waals surface area contributed by atoms with Gasteiger partial charge in [0.05, 0.1) is 0 Å². The molecule has 0 aromatic heterocycles. The Morgan fingerprint density at radius 1 is 1.22 bits per heavy atom. The SMILES string of the molecule is C1CCNCC1.CC(C)/C=C\C=C(/N)OC(F)F. The highest BCUT2D eigenvalue weighted by molar-refractivity contribution is 5.05. The van der Waals surface area contributed by atoms with Crippen molar-refractivity contribution in [2.45, 2.75) is 39.7 Å². The Bertz CT molecular complexity index is 238. The number of piperidine rings is 1. The Hall–Kier alpha value is -1.10. The van der Waals surface area contributed by atoms with Crippen molar-refractivity contribution in [2.75, 3.05) is 13.1 Å². The first kappa shape index (κ1) is 16.9. The Labute approximate surface area is 108 Å². The van der Waals surface area contributed by atoms with Crippen LogP contribution in [-0.2, 0) is 4.74 Å². The van der Waals surface area contributed by atoms with Crippen LogP contribution in [0.15, 0.2) is 24.1 Å². The van der Waals surface area contributed by atoms with Crippen LogP contribution in [0.2, 0.25) is 0 Å². The largest absolute Gasteiger partial charge is 0.420 e. The number of nitrogens with two attached hydrogens (primary N) is 1. The molecule has 0 radical (unpaired) electrons. The van der Waals surface area contributed by atoms with Gasteiger partial charge in [0.15, 0.2) is 5.88 Å². The summed E-state index contributed by atoms with van der Waals surface area (Å²) in [6.07, 6.45) is 8.92. The molecule has 1 rings (SSSR count). The third kappa shape index (κ3) is 13.0. The highest BCUT2D eigenvalue weighted by Gasteiger charge is 2.01. The van der Waals surface area contributed by atoms with Crippen molar-refractivity contribution in [3.63, 3.8) is 0 Å². The van der Waals surface area contributed by atoms with E-state index in [-0.39, 0.29) is 5.88 Å². The van der Waals surface area contributed by atoms with Crippen LogP contribution in [0.25, 0.3) is 0 Å². The molecule has 0 spiro atoms. The number of hydrogen-bond acceptors (Lipinski definition) is 3. The predicted octanol–water partition coefficient (Wildman–Crippen LogP) is 3.00. The third-order valence-electron chi connectivity index (χ3n) is 2.19. The lowest BCUT2D eigenvalue weighted by molar-refractivity contribution is -0.0968. The van der Waals surface area contributed by atoms with Gasteiger partial charge in [0, 0.05) is 0 Å². The van der Waals surface area contributed by atoms with E-state index in [4.69, 9.17) is 5.73 Å². The van der Waals surface area contributed by atoms with Crippen molar-refractivity contribution in [3.05, 3.63) is 24.1 Å². The predicted molar refractivity (Wildman–Crippen MR) is 70.1 cm³/mol. The molecule has 1 fully saturated rings. The minimum Gasteiger partial charge on any atom is -0.420 e. The molecule has 18 heavy (non-hydrogen) atoms. The lowest BCUT2D eigenvalue weighted by atomic mass is 10.2. The number of rotatable bonds is 4. The van der Waals surface area contributed by atoms with Gasteiger partial charge in [-0.05, 0) is 37.9 Å². The number of halogens is 2. The van der Waals surface area contributed by atoms with Gasteiger partial charge in [-0.3, -0.25) is 0 Å². The quantitative estimate of drug-likeness (QED) is 0.605. The van der Waals surface area contributed by atoms with E-state index in [1.165, 1.54) is 38.4 Å². The first-order chi connectivity index (χ1) is 8.52. The normalized spacial score (nSPS) is 16.9. The maximum Gasteiger partial charge on any atom is 0.388 e. The van der Waals surface area contributed by atoms with E-state index in [9.17, 15) is 8.78 Å². The van der Waals surface area contributed by atoms with Gasteiger partial charge in [0.25, 0.3) is 0 Å². The molecule has 1 saturated heterocycles. The van der Waals surface area contributed by atoms with Crippen molar-refractivity contribution in [3.8, 4) is 0 Å². The second kappa shape index (κ2) is 11.0. The number of hydrogen-bond donors (Lipinski definition) is 2. The van der Waals surface area contributed by atoms with Crippen molar-refractivity contribution in [2.24, 2.45) is 11.7 Å². The molecule has 5 heteroatoms. The first-order valence-electron chi connectivity index (χ1n) is 6.32. The molecule has 0 aliphatic carbocycles. The maximum atomic E-state index is 11.5. The molecule has 3 N–H and O–H groups in total. The molecule has 0 saturated carbocycles. The summed E-state index contributed by atoms with van der Waals surface area (Å²) in [5.41, 5.74) is 5.07. The summed E-state index contributed by atoms with van der Waals surface area (Å²) in [5, 5.41) is 3.28. The fourth-order valence-electron chi connectivity index (χ4n) is 1.32. The number of nitrogens with one attached hydrogen (secondary N) is 1. The summed E-state index contributed by atoms with van der Waals surface area (Å²) in [6.45, 7) is 3.58. The molecule has 0 aromatic rings. The standard InChI is InChI=1S/C8H13F2NO.C5H11N/c1-6(2)4-3-5-7(11)12-8(9)10;1-2-4-6-5-3-1/h3-6,8H,11H2,1-2H3;6H,1-5H2/b4-3-,7-5+;. The lowest BCUT2D eigenvalue weighted by Gasteiger charge is -2.08. The van der Waals surface area contributed by atoms with Crippen molar-refractivity contribution in [1.82, 2.24) is 5.32 Å². The van der Waals surface area contributed by atoms with Crippen LogP contribution < -0.4 is 11.1 Å². The average molecular weight is 262 g/mol. The molecule has 0 bridgehead atoms. The van der Waals surface area contributed by atoms with Gasteiger partial charge in [-0.25, -0.2) is 0 Å². The van der Waals surface area contributed by atoms with Gasteiger partial charge < -0.3 is 15.8 Å². The lowest BCUT2D eigenvalue weighted by Crippen LogP contribution is -2.21. The zero-order valence-electron chi connectivity index (χ0n) is 11.2. The summed E-state index contributed by atoms with van der Waals surface area (Å²) in [4.78, 5) is 0. The molecule has 1 aliphatic heterocycles. The van der Waals surface area contributed by atoms with E-state index in [1.54, 1.807) is 6.08 Å². The van der Waals surface area contributed by atoms with Crippen LogP contribution >= 0.6 is 0 Å². The summed E-state index contributed by atoms with van der Waals surface area (Å²) in [6, 6.07) is 0. The van der Waals surface area contributed by atoms with Crippen LogP contribution in [0.5, 0.6) is 0 Å². The van der Waals surface area contributed by atoms with Gasteiger partial charge in [0.2, 0.25) is 0 Å². The maximum absolute atomic E-state index is 11.5. The Morgan fingerprint density at radius 3 is 2.17 bits per heavy atom. The molecular weight excluding hydrogens is 238 g/mol. The third-order valence-corrected chi connectivity index (χ3v) is 2.19. The van der Waals surface area contributed by atoms with Gasteiger partial charge in [0.1, 0.15) is 0 Å². The smallest absolute Gasteiger partial charge is 0.388 e. The summed E-state index contributed by atoms with van der Waals surface area (Å²) in [7, 11) is 0. The summed E-state index contributed by atoms with van der Waals surface area (Å²) < 4.78 is 26.9. The zero-order chi connectivity index (χ0) is 13.8. The molecule has 1 heterocycles. The van der Waals surface area contributed by atoms with Gasteiger partial charge >= 0.3 is 6.61 Å². The molecular formula is C13H24F2N2O. The highest BCUT2D eigenvalue weighted by atomic mass is 19.3. The van der Waals surface area contributed by atoms with Crippen molar-refractivity contribution in [1.29, 1.82) is 0 Å². The van der Waals surface area contributed by atoms with Gasteiger partial charge in [-0.15, -0.1) is 0 Å². The van der Waals surface area contributed by atoms with E-state index in [2.05, 4.69) is 10.1 Å². The number of alkyl halides is 2. The molecule has 1 aliphatic rings. The topological polar surface area (TPSA) is 47.3 Å². The zero-order valence-corrected chi connectivity index (χ0v) is 11.2. The number of allylic oxidation sites excluding steroid dienone is 3.